The van der Waals surface area contributed by atoms with Crippen molar-refractivity contribution in [3.05, 3.63) is 27.2 Å². The molecule has 0 saturated heterocycles. The van der Waals surface area contributed by atoms with Crippen LogP contribution < -0.4 is 16.5 Å². The van der Waals surface area contributed by atoms with Crippen molar-refractivity contribution < 1.29 is 23.1 Å². The van der Waals surface area contributed by atoms with Crippen LogP contribution in [0.2, 0.25) is 0 Å². The molecule has 2 aliphatic rings. The molecule has 0 fully saturated rings. The highest BCUT2D eigenvalue weighted by Gasteiger charge is 2.43. The number of carbonyl (C=O) groups is 2. The van der Waals surface area contributed by atoms with Gasteiger partial charge < -0.3 is 15.8 Å². The summed E-state index contributed by atoms with van der Waals surface area (Å²) in [6.45, 7) is 4.70. The topological polar surface area (TPSA) is 96.7 Å². The Morgan fingerprint density at radius 2 is 2.07 bits per heavy atom. The van der Waals surface area contributed by atoms with Crippen molar-refractivity contribution in [3.63, 3.8) is 0 Å². The molecule has 0 radical (unpaired) electrons. The average molecular weight is 435 g/mol. The average Bonchev–Trinajstić information content (AvgIpc) is 3.06. The van der Waals surface area contributed by atoms with Crippen molar-refractivity contribution in [2.45, 2.75) is 57.9 Å². The van der Waals surface area contributed by atoms with E-state index >= 15 is 0 Å². The van der Waals surface area contributed by atoms with E-state index in [1.54, 1.807) is 0 Å². The Hall–Kier alpha value is -1.75. The highest BCUT2D eigenvalue weighted by Crippen LogP contribution is 2.48. The number of nitrogens with zero attached hydrogens (tertiary/aromatic N) is 1. The van der Waals surface area contributed by atoms with E-state index in [0.717, 1.165) is 16.6 Å². The lowest BCUT2D eigenvalue weighted by atomic mass is 9.86. The largest absolute Gasteiger partial charge is 0.365 e. The minimum atomic E-state index is -2.86. The van der Waals surface area contributed by atoms with Crippen LogP contribution in [0, 0.1) is 0 Å². The third-order valence-corrected chi connectivity index (χ3v) is 6.23. The van der Waals surface area contributed by atoms with Gasteiger partial charge in [-0.1, -0.05) is 11.6 Å². The molecule has 0 spiro atoms. The van der Waals surface area contributed by atoms with Gasteiger partial charge in [0.2, 0.25) is 5.91 Å². The van der Waals surface area contributed by atoms with E-state index in [1.165, 1.54) is 11.3 Å². The standard InChI is InChI=1S/C17H21ClF2N4O3S/c1-16(2)5-7-9(12(21)25)14(28-11(7)17(3,4)27-16)22-13(26)10-8(18)6-24(23-10)15(19)20/h6,10,15,23H,5H2,1-4H3,(H2,21,25)(H,22,26)/t10-/m0/s1. The quantitative estimate of drug-likeness (QED) is 0.633. The summed E-state index contributed by atoms with van der Waals surface area (Å²) in [4.78, 5) is 25.6. The Bertz CT molecular complexity index is 869. The minimum Gasteiger partial charge on any atom is -0.365 e. The van der Waals surface area contributed by atoms with Crippen LogP contribution in [0.4, 0.5) is 13.8 Å². The SMILES string of the molecule is CC1(C)Cc2c(sc(NC(=O)[C@H]3NN(C(F)F)C=C3Cl)c2C(N)=O)C(C)(C)O1. The first-order chi connectivity index (χ1) is 12.8. The molecule has 1 atom stereocenters. The maximum Gasteiger partial charge on any atom is 0.327 e. The number of anilines is 1. The fourth-order valence-electron chi connectivity index (χ4n) is 3.60. The smallest absolute Gasteiger partial charge is 0.327 e. The predicted molar refractivity (Wildman–Crippen MR) is 102 cm³/mol. The summed E-state index contributed by atoms with van der Waals surface area (Å²) >= 11 is 7.10. The first-order valence-electron chi connectivity index (χ1n) is 8.49. The second-order valence-electron chi connectivity index (χ2n) is 7.78. The number of hydrazine groups is 1. The summed E-state index contributed by atoms with van der Waals surface area (Å²) in [5.41, 5.74) is 7.62. The molecule has 2 aliphatic heterocycles. The van der Waals surface area contributed by atoms with E-state index in [-0.39, 0.29) is 15.6 Å². The number of primary amides is 1. The van der Waals surface area contributed by atoms with Crippen molar-refractivity contribution in [2.24, 2.45) is 5.73 Å². The van der Waals surface area contributed by atoms with Crippen molar-refractivity contribution in [1.29, 1.82) is 0 Å². The number of halogens is 3. The molecule has 0 saturated carbocycles. The molecular formula is C17H21ClF2N4O3S. The highest BCUT2D eigenvalue weighted by molar-refractivity contribution is 7.17. The van der Waals surface area contributed by atoms with Gasteiger partial charge in [0.15, 0.2) is 0 Å². The molecule has 2 amide bonds. The van der Waals surface area contributed by atoms with Crippen LogP contribution in [0.1, 0.15) is 48.5 Å². The zero-order valence-corrected chi connectivity index (χ0v) is 17.3. The molecule has 0 bridgehead atoms. The van der Waals surface area contributed by atoms with Crippen LogP contribution in [-0.2, 0) is 21.6 Å². The lowest BCUT2D eigenvalue weighted by molar-refractivity contribution is -0.135. The molecule has 11 heteroatoms. The van der Waals surface area contributed by atoms with Gasteiger partial charge in [-0.05, 0) is 33.3 Å². The van der Waals surface area contributed by atoms with E-state index < -0.39 is 35.6 Å². The van der Waals surface area contributed by atoms with E-state index in [4.69, 9.17) is 22.1 Å². The van der Waals surface area contributed by atoms with Gasteiger partial charge in [0.1, 0.15) is 11.0 Å². The Morgan fingerprint density at radius 1 is 1.43 bits per heavy atom. The van der Waals surface area contributed by atoms with E-state index in [2.05, 4.69) is 10.7 Å². The number of fused-ring (bicyclic) bond motifs is 1. The third-order valence-electron chi connectivity index (χ3n) is 4.46. The number of nitrogens with one attached hydrogen (secondary N) is 2. The van der Waals surface area contributed by atoms with Crippen LogP contribution in [0.15, 0.2) is 11.2 Å². The Balaban J connectivity index is 1.94. The summed E-state index contributed by atoms with van der Waals surface area (Å²) in [6.07, 6.45) is 1.39. The zero-order chi connectivity index (χ0) is 21.0. The van der Waals surface area contributed by atoms with Crippen molar-refractivity contribution in [2.75, 3.05) is 5.32 Å². The second-order valence-corrected chi connectivity index (χ2v) is 9.23. The maximum atomic E-state index is 12.8. The maximum absolute atomic E-state index is 12.8. The molecule has 154 valence electrons. The van der Waals surface area contributed by atoms with Gasteiger partial charge in [0.25, 0.3) is 5.91 Å². The van der Waals surface area contributed by atoms with Gasteiger partial charge in [-0.15, -0.1) is 11.3 Å². The number of nitrogens with two attached hydrogens (primary N) is 1. The molecule has 3 heterocycles. The first kappa shape index (κ1) is 21.0. The molecule has 28 heavy (non-hydrogen) atoms. The lowest BCUT2D eigenvalue weighted by Crippen LogP contribution is -2.45. The predicted octanol–water partition coefficient (Wildman–Crippen LogP) is 2.86. The molecule has 1 aromatic heterocycles. The number of rotatable bonds is 4. The van der Waals surface area contributed by atoms with E-state index in [9.17, 15) is 18.4 Å². The number of amides is 2. The molecule has 0 aromatic carbocycles. The molecule has 7 nitrogen and oxygen atoms in total. The van der Waals surface area contributed by atoms with Crippen molar-refractivity contribution in [1.82, 2.24) is 10.4 Å². The summed E-state index contributed by atoms with van der Waals surface area (Å²) in [7, 11) is 0. The Labute approximate surface area is 169 Å². The number of ether oxygens (including phenoxy) is 1. The molecule has 0 unspecified atom stereocenters. The van der Waals surface area contributed by atoms with Crippen LogP contribution >= 0.6 is 22.9 Å². The lowest BCUT2D eigenvalue weighted by Gasteiger charge is -2.41. The second kappa shape index (κ2) is 6.94. The molecule has 4 N–H and O–H groups in total. The fraction of sp³-hybridized carbons (Fsp3) is 0.529. The van der Waals surface area contributed by atoms with Crippen LogP contribution in [0.5, 0.6) is 0 Å². The summed E-state index contributed by atoms with van der Waals surface area (Å²) in [5.74, 6) is -1.36. The number of thiophene rings is 1. The van der Waals surface area contributed by atoms with Gasteiger partial charge in [-0.2, -0.15) is 8.78 Å². The van der Waals surface area contributed by atoms with Crippen LogP contribution in [0.3, 0.4) is 0 Å². The number of alkyl halides is 2. The number of hydrogen-bond donors (Lipinski definition) is 3. The summed E-state index contributed by atoms with van der Waals surface area (Å²) in [5, 5.41) is 3.21. The minimum absolute atomic E-state index is 0.0930. The fourth-order valence-corrected chi connectivity index (χ4v) is 5.12. The van der Waals surface area contributed by atoms with Gasteiger partial charge in [-0.25, -0.2) is 5.43 Å². The van der Waals surface area contributed by atoms with Gasteiger partial charge in [0, 0.05) is 17.5 Å². The van der Waals surface area contributed by atoms with Crippen molar-refractivity contribution >= 4 is 39.8 Å². The Morgan fingerprint density at radius 3 is 2.61 bits per heavy atom. The molecule has 3 rings (SSSR count). The summed E-state index contributed by atoms with van der Waals surface area (Å²) < 4.78 is 31.7. The number of hydrogen-bond acceptors (Lipinski definition) is 6. The van der Waals surface area contributed by atoms with E-state index in [1.807, 2.05) is 27.7 Å². The van der Waals surface area contributed by atoms with Gasteiger partial charge >= 0.3 is 6.55 Å². The molecule has 0 aliphatic carbocycles. The zero-order valence-electron chi connectivity index (χ0n) is 15.7. The first-order valence-corrected chi connectivity index (χ1v) is 9.69. The molecular weight excluding hydrogens is 414 g/mol. The highest BCUT2D eigenvalue weighted by atomic mass is 35.5. The third kappa shape index (κ3) is 3.73. The van der Waals surface area contributed by atoms with Crippen LogP contribution in [-0.4, -0.2) is 35.0 Å². The van der Waals surface area contributed by atoms with Gasteiger partial charge in [-0.3, -0.25) is 14.6 Å². The van der Waals surface area contributed by atoms with Crippen molar-refractivity contribution in [3.8, 4) is 0 Å². The normalized spacial score (nSPS) is 22.8. The monoisotopic (exact) mass is 434 g/mol. The Kier molecular flexibility index (Phi) is 5.20. The molecule has 1 aromatic rings. The van der Waals surface area contributed by atoms with Crippen LogP contribution in [0.25, 0.3) is 0 Å². The van der Waals surface area contributed by atoms with Gasteiger partial charge in [0.05, 0.1) is 21.8 Å². The van der Waals surface area contributed by atoms with E-state index in [0.29, 0.717) is 11.4 Å². The summed E-state index contributed by atoms with van der Waals surface area (Å²) in [6, 6.07) is -1.20. The number of carbonyl (C=O) groups excluding carboxylic acids is 2.